The number of likely N-dealkylation sites (N-methyl/N-ethyl adjacent to an activating group) is 1. The number of hydrogen-bond acceptors (Lipinski definition) is 4. The van der Waals surface area contributed by atoms with Crippen LogP contribution >= 0.6 is 11.3 Å². The first kappa shape index (κ1) is 16.6. The number of aliphatic carboxylic acids is 1. The summed E-state index contributed by atoms with van der Waals surface area (Å²) >= 11 is 1.55. The van der Waals surface area contributed by atoms with E-state index in [9.17, 15) is 14.3 Å². The van der Waals surface area contributed by atoms with Crippen LogP contribution in [0, 0.1) is 19.7 Å². The Balaban J connectivity index is 2.16. The summed E-state index contributed by atoms with van der Waals surface area (Å²) in [6.07, 6.45) is 0.699. The van der Waals surface area contributed by atoms with Gasteiger partial charge in [0.05, 0.1) is 11.2 Å². The minimum atomic E-state index is -1.05. The van der Waals surface area contributed by atoms with Gasteiger partial charge in [0, 0.05) is 17.0 Å². The van der Waals surface area contributed by atoms with Crippen molar-refractivity contribution in [3.63, 3.8) is 0 Å². The molecule has 118 valence electrons. The maximum absolute atomic E-state index is 14.1. The number of thiazole rings is 1. The zero-order valence-corrected chi connectivity index (χ0v) is 13.7. The minimum Gasteiger partial charge on any atom is -0.480 e. The summed E-state index contributed by atoms with van der Waals surface area (Å²) < 4.78 is 14.1. The molecule has 0 unspecified atom stereocenters. The van der Waals surface area contributed by atoms with Gasteiger partial charge in [-0.15, -0.1) is 11.3 Å². The van der Waals surface area contributed by atoms with Crippen LogP contribution in [-0.4, -0.2) is 34.6 Å². The fourth-order valence-electron chi connectivity index (χ4n) is 2.39. The summed E-state index contributed by atoms with van der Waals surface area (Å²) in [5.74, 6) is -1.53. The van der Waals surface area contributed by atoms with Crippen LogP contribution in [0.15, 0.2) is 23.7 Å². The minimum absolute atomic E-state index is 0.196. The molecule has 0 bridgehead atoms. The second kappa shape index (κ2) is 6.98. The second-order valence-electron chi connectivity index (χ2n) is 5.36. The van der Waals surface area contributed by atoms with E-state index in [1.54, 1.807) is 47.9 Å². The molecule has 0 aliphatic heterocycles. The van der Waals surface area contributed by atoms with Crippen LogP contribution in [0.25, 0.3) is 0 Å². The van der Waals surface area contributed by atoms with Gasteiger partial charge in [-0.1, -0.05) is 12.1 Å². The van der Waals surface area contributed by atoms with Crippen LogP contribution in [0.2, 0.25) is 0 Å². The van der Waals surface area contributed by atoms with Crippen molar-refractivity contribution in [1.29, 1.82) is 0 Å². The number of benzene rings is 1. The molecule has 1 aromatic carbocycles. The van der Waals surface area contributed by atoms with Gasteiger partial charge in [0.25, 0.3) is 0 Å². The Bertz CT molecular complexity index is 672. The average Bonchev–Trinajstić information content (AvgIpc) is 2.84. The van der Waals surface area contributed by atoms with Gasteiger partial charge in [-0.25, -0.2) is 9.37 Å². The zero-order valence-electron chi connectivity index (χ0n) is 12.8. The van der Waals surface area contributed by atoms with Gasteiger partial charge in [0.15, 0.2) is 0 Å². The molecule has 0 amide bonds. The van der Waals surface area contributed by atoms with E-state index in [0.29, 0.717) is 13.0 Å². The molecule has 1 heterocycles. The molecule has 1 atom stereocenters. The van der Waals surface area contributed by atoms with E-state index in [2.05, 4.69) is 4.98 Å². The van der Waals surface area contributed by atoms with Crippen molar-refractivity contribution in [2.24, 2.45) is 0 Å². The number of rotatable bonds is 6. The van der Waals surface area contributed by atoms with Crippen molar-refractivity contribution in [3.05, 3.63) is 51.2 Å². The lowest BCUT2D eigenvalue weighted by atomic mass is 10.0. The molecule has 0 aliphatic carbocycles. The highest BCUT2D eigenvalue weighted by Crippen LogP contribution is 2.24. The third-order valence-electron chi connectivity index (χ3n) is 3.66. The molecule has 0 spiro atoms. The highest BCUT2D eigenvalue weighted by molar-refractivity contribution is 7.09. The monoisotopic (exact) mass is 322 g/mol. The SMILES string of the molecule is Cc1ccc([C@@H](C(=O)O)N(C)CCc2scnc2C)c(F)c1. The van der Waals surface area contributed by atoms with Crippen molar-refractivity contribution in [2.75, 3.05) is 13.6 Å². The maximum Gasteiger partial charge on any atom is 0.325 e. The highest BCUT2D eigenvalue weighted by Gasteiger charge is 2.27. The summed E-state index contributed by atoms with van der Waals surface area (Å²) in [6.45, 7) is 4.23. The molecule has 1 N–H and O–H groups in total. The molecule has 0 aliphatic rings. The molecule has 2 aromatic rings. The molecule has 6 heteroatoms. The summed E-state index contributed by atoms with van der Waals surface area (Å²) in [5, 5.41) is 9.48. The third kappa shape index (κ3) is 3.69. The van der Waals surface area contributed by atoms with Crippen LogP contribution in [0.3, 0.4) is 0 Å². The lowest BCUT2D eigenvalue weighted by Gasteiger charge is -2.25. The Kier molecular flexibility index (Phi) is 5.26. The lowest BCUT2D eigenvalue weighted by Crippen LogP contribution is -2.33. The number of nitrogens with zero attached hydrogens (tertiary/aromatic N) is 2. The van der Waals surface area contributed by atoms with E-state index in [0.717, 1.165) is 16.1 Å². The number of carboxylic acid groups (broad SMARTS) is 1. The molecule has 4 nitrogen and oxygen atoms in total. The number of carboxylic acids is 1. The number of aryl methyl sites for hydroxylation is 2. The Hall–Kier alpha value is -1.79. The first-order chi connectivity index (χ1) is 10.4. The highest BCUT2D eigenvalue weighted by atomic mass is 32.1. The molecule has 1 aromatic heterocycles. The standard InChI is InChI=1S/C16H19FN2O2S/c1-10-4-5-12(13(17)8-10)15(16(20)21)19(3)7-6-14-11(2)18-9-22-14/h4-5,8-9,15H,6-7H2,1-3H3,(H,20,21)/t15-/m0/s1. The van der Waals surface area contributed by atoms with Gasteiger partial charge in [-0.05, 0) is 38.9 Å². The van der Waals surface area contributed by atoms with E-state index in [4.69, 9.17) is 0 Å². The fraction of sp³-hybridized carbons (Fsp3) is 0.375. The van der Waals surface area contributed by atoms with E-state index in [1.807, 2.05) is 6.92 Å². The molecular weight excluding hydrogens is 303 g/mol. The van der Waals surface area contributed by atoms with Crippen LogP contribution in [0.4, 0.5) is 4.39 Å². The Morgan fingerprint density at radius 2 is 2.18 bits per heavy atom. The van der Waals surface area contributed by atoms with Crippen LogP contribution in [0.1, 0.15) is 27.7 Å². The summed E-state index contributed by atoms with van der Waals surface area (Å²) in [6, 6.07) is 3.66. The molecular formula is C16H19FN2O2S. The summed E-state index contributed by atoms with van der Waals surface area (Å²) in [4.78, 5) is 18.6. The molecule has 0 radical (unpaired) electrons. The van der Waals surface area contributed by atoms with Crippen molar-refractivity contribution >= 4 is 17.3 Å². The van der Waals surface area contributed by atoms with Gasteiger partial charge >= 0.3 is 5.97 Å². The number of halogens is 1. The summed E-state index contributed by atoms with van der Waals surface area (Å²) in [7, 11) is 1.70. The van der Waals surface area contributed by atoms with Crippen molar-refractivity contribution in [2.45, 2.75) is 26.3 Å². The second-order valence-corrected chi connectivity index (χ2v) is 6.30. The molecule has 2 rings (SSSR count). The predicted molar refractivity (Wildman–Crippen MR) is 84.7 cm³/mol. The van der Waals surface area contributed by atoms with E-state index in [1.165, 1.54) is 6.07 Å². The van der Waals surface area contributed by atoms with Crippen molar-refractivity contribution in [1.82, 2.24) is 9.88 Å². The third-order valence-corrected chi connectivity index (χ3v) is 4.66. The van der Waals surface area contributed by atoms with Gasteiger partial charge in [-0.2, -0.15) is 0 Å². The average molecular weight is 322 g/mol. The molecule has 0 fully saturated rings. The van der Waals surface area contributed by atoms with E-state index in [-0.39, 0.29) is 5.56 Å². The number of hydrogen-bond donors (Lipinski definition) is 1. The topological polar surface area (TPSA) is 53.4 Å². The van der Waals surface area contributed by atoms with Crippen LogP contribution in [0.5, 0.6) is 0 Å². The predicted octanol–water partition coefficient (Wildman–Crippen LogP) is 3.20. The first-order valence-corrected chi connectivity index (χ1v) is 7.86. The van der Waals surface area contributed by atoms with Gasteiger partial charge < -0.3 is 5.11 Å². The lowest BCUT2D eigenvalue weighted by molar-refractivity contribution is -0.143. The maximum atomic E-state index is 14.1. The van der Waals surface area contributed by atoms with E-state index >= 15 is 0 Å². The quantitative estimate of drug-likeness (QED) is 0.887. The van der Waals surface area contributed by atoms with Crippen LogP contribution < -0.4 is 0 Å². The van der Waals surface area contributed by atoms with Crippen molar-refractivity contribution in [3.8, 4) is 0 Å². The largest absolute Gasteiger partial charge is 0.480 e. The normalized spacial score (nSPS) is 12.6. The number of aromatic nitrogens is 1. The first-order valence-electron chi connectivity index (χ1n) is 6.98. The molecule has 0 saturated carbocycles. The number of carbonyl (C=O) groups is 1. The zero-order chi connectivity index (χ0) is 16.3. The fourth-order valence-corrected chi connectivity index (χ4v) is 3.16. The smallest absolute Gasteiger partial charge is 0.325 e. The Morgan fingerprint density at radius 1 is 1.45 bits per heavy atom. The summed E-state index contributed by atoms with van der Waals surface area (Å²) in [5.41, 5.74) is 3.71. The van der Waals surface area contributed by atoms with E-state index < -0.39 is 17.8 Å². The Labute approximate surface area is 133 Å². The molecule has 0 saturated heterocycles. The molecule has 22 heavy (non-hydrogen) atoms. The van der Waals surface area contributed by atoms with Crippen molar-refractivity contribution < 1.29 is 14.3 Å². The van der Waals surface area contributed by atoms with Gasteiger partial charge in [0.2, 0.25) is 0 Å². The van der Waals surface area contributed by atoms with Gasteiger partial charge in [0.1, 0.15) is 11.9 Å². The van der Waals surface area contributed by atoms with Gasteiger partial charge in [-0.3, -0.25) is 9.69 Å². The van der Waals surface area contributed by atoms with Crippen LogP contribution in [-0.2, 0) is 11.2 Å². The Morgan fingerprint density at radius 3 is 2.73 bits per heavy atom.